The molecule has 2 aromatic heterocycles. The number of phenolic OH excluding ortho intramolecular Hbond substituents is 1. The Morgan fingerprint density at radius 3 is 2.71 bits per heavy atom. The molecule has 0 bridgehead atoms. The van der Waals surface area contributed by atoms with Crippen molar-refractivity contribution in [3.8, 4) is 17.0 Å². The largest absolute Gasteiger partial charge is 0.508 e. The van der Waals surface area contributed by atoms with Crippen LogP contribution in [-0.4, -0.2) is 68.4 Å². The number of anilines is 1. The van der Waals surface area contributed by atoms with Gasteiger partial charge >= 0.3 is 0 Å². The molecule has 4 N–H and O–H groups in total. The predicted molar refractivity (Wildman–Crippen MR) is 158 cm³/mol. The van der Waals surface area contributed by atoms with Gasteiger partial charge in [0.05, 0.1) is 5.39 Å². The highest BCUT2D eigenvalue weighted by molar-refractivity contribution is 5.98. The molecule has 0 aliphatic carbocycles. The zero-order valence-corrected chi connectivity index (χ0v) is 23.4. The topological polar surface area (TPSA) is 131 Å². The molecule has 0 amide bonds. The second-order valence-corrected chi connectivity index (χ2v) is 10.7. The van der Waals surface area contributed by atoms with Crippen LogP contribution in [-0.2, 0) is 9.53 Å². The van der Waals surface area contributed by atoms with E-state index < -0.39 is 11.9 Å². The Morgan fingerprint density at radius 1 is 1.24 bits per heavy atom. The Kier molecular flexibility index (Phi) is 7.44. The van der Waals surface area contributed by atoms with E-state index in [1.54, 1.807) is 4.68 Å². The van der Waals surface area contributed by atoms with Crippen LogP contribution in [0.1, 0.15) is 30.5 Å². The first-order valence-electron chi connectivity index (χ1n) is 13.9. The standard InChI is InChI=1S/C31H32FN7O3/c1-18-5-3-4-6-25(18)26(20-7-9-38(10-8-20)23-14-34-15-23)29(42-17-40)19(2)39-31-27(30(33)35-16-36-31)28(37-39)21-11-22(32)13-24(41)12-21/h3-7,11-13,16-17,19,23,34,41H,8-10,14-15H2,1-2H3,(H2,33,35,36)/b29-26-. The molecule has 1 atom stereocenters. The highest BCUT2D eigenvalue weighted by Crippen LogP contribution is 2.40. The van der Waals surface area contributed by atoms with Crippen LogP contribution in [0.4, 0.5) is 10.2 Å². The lowest BCUT2D eigenvalue weighted by atomic mass is 9.88. The van der Waals surface area contributed by atoms with Gasteiger partial charge in [-0.15, -0.1) is 0 Å². The quantitative estimate of drug-likeness (QED) is 0.213. The predicted octanol–water partition coefficient (Wildman–Crippen LogP) is 3.98. The normalized spacial score (nSPS) is 17.4. The number of nitrogens with one attached hydrogen (secondary N) is 1. The van der Waals surface area contributed by atoms with E-state index in [0.29, 0.717) is 40.6 Å². The summed E-state index contributed by atoms with van der Waals surface area (Å²) in [6.45, 7) is 7.98. The molecular formula is C31H32FN7O3. The fourth-order valence-electron chi connectivity index (χ4n) is 5.80. The van der Waals surface area contributed by atoms with Crippen LogP contribution in [0, 0.1) is 12.7 Å². The lowest BCUT2D eigenvalue weighted by Crippen LogP contribution is -2.57. The number of nitrogen functional groups attached to an aromatic ring is 1. The number of rotatable bonds is 8. The molecule has 2 aromatic carbocycles. The van der Waals surface area contributed by atoms with Crippen molar-refractivity contribution < 1.29 is 19.0 Å². The number of aryl methyl sites for hydroxylation is 1. The summed E-state index contributed by atoms with van der Waals surface area (Å²) in [5.74, 6) is -0.323. The van der Waals surface area contributed by atoms with Crippen molar-refractivity contribution in [2.75, 3.05) is 31.9 Å². The maximum atomic E-state index is 14.3. The number of hydrogen-bond donors (Lipinski definition) is 3. The Balaban J connectivity index is 1.54. The number of aromatic nitrogens is 4. The molecule has 42 heavy (non-hydrogen) atoms. The first-order chi connectivity index (χ1) is 20.4. The molecule has 0 saturated carbocycles. The summed E-state index contributed by atoms with van der Waals surface area (Å²) in [7, 11) is 0. The Labute approximate surface area is 242 Å². The monoisotopic (exact) mass is 569 g/mol. The fraction of sp³-hybridized carbons (Fsp3) is 0.290. The SMILES string of the molecule is Cc1ccccc1/C(C1=CCN(C2CNC2)CC1)=C(\OC=O)C(C)n1nc(-c2cc(O)cc(F)c2)c2c(N)ncnc21. The first kappa shape index (κ1) is 27.6. The third kappa shape index (κ3) is 5.01. The van der Waals surface area contributed by atoms with E-state index in [2.05, 4.69) is 26.3 Å². The number of fused-ring (bicyclic) bond motifs is 1. The van der Waals surface area contributed by atoms with Crippen LogP contribution in [0.25, 0.3) is 27.9 Å². The summed E-state index contributed by atoms with van der Waals surface area (Å²) >= 11 is 0. The molecule has 4 aromatic rings. The van der Waals surface area contributed by atoms with Crippen molar-refractivity contribution in [1.29, 1.82) is 0 Å². The van der Waals surface area contributed by atoms with Crippen molar-refractivity contribution >= 4 is 28.9 Å². The highest BCUT2D eigenvalue weighted by atomic mass is 19.1. The van der Waals surface area contributed by atoms with Gasteiger partial charge in [-0.25, -0.2) is 19.0 Å². The summed E-state index contributed by atoms with van der Waals surface area (Å²) in [5, 5.41) is 18.6. The van der Waals surface area contributed by atoms with Crippen molar-refractivity contribution in [3.63, 3.8) is 0 Å². The number of hydrogen-bond acceptors (Lipinski definition) is 9. The van der Waals surface area contributed by atoms with E-state index in [1.807, 2.05) is 38.1 Å². The highest BCUT2D eigenvalue weighted by Gasteiger charge is 2.31. The minimum Gasteiger partial charge on any atom is -0.508 e. The Morgan fingerprint density at radius 2 is 2.05 bits per heavy atom. The van der Waals surface area contributed by atoms with Crippen LogP contribution in [0.5, 0.6) is 5.75 Å². The number of benzene rings is 2. The molecule has 11 heteroatoms. The first-order valence-corrected chi connectivity index (χ1v) is 13.9. The maximum Gasteiger partial charge on any atom is 0.298 e. The minimum atomic E-state index is -0.632. The van der Waals surface area contributed by atoms with Gasteiger partial charge in [-0.2, -0.15) is 5.10 Å². The Bertz CT molecular complexity index is 1710. The molecule has 216 valence electrons. The van der Waals surface area contributed by atoms with E-state index in [-0.39, 0.29) is 11.6 Å². The maximum absolute atomic E-state index is 14.3. The van der Waals surface area contributed by atoms with Gasteiger partial charge in [0, 0.05) is 49.4 Å². The fourth-order valence-corrected chi connectivity index (χ4v) is 5.80. The number of allylic oxidation sites excluding steroid dienone is 2. The number of nitrogens with zero attached hydrogens (tertiary/aromatic N) is 5. The van der Waals surface area contributed by atoms with Crippen LogP contribution in [0.3, 0.4) is 0 Å². The summed E-state index contributed by atoms with van der Waals surface area (Å²) in [4.78, 5) is 23.1. The van der Waals surface area contributed by atoms with Crippen LogP contribution < -0.4 is 11.1 Å². The lowest BCUT2D eigenvalue weighted by Gasteiger charge is -2.40. The van der Waals surface area contributed by atoms with Crippen LogP contribution in [0.2, 0.25) is 0 Å². The van der Waals surface area contributed by atoms with Gasteiger partial charge in [-0.1, -0.05) is 30.3 Å². The molecule has 2 aliphatic rings. The van der Waals surface area contributed by atoms with E-state index >= 15 is 0 Å². The number of nitrogens with two attached hydrogens (primary N) is 1. The van der Waals surface area contributed by atoms with Gasteiger partial charge in [0.15, 0.2) is 5.65 Å². The third-order valence-corrected chi connectivity index (χ3v) is 8.09. The summed E-state index contributed by atoms with van der Waals surface area (Å²) in [5.41, 5.74) is 11.2. The van der Waals surface area contributed by atoms with Gasteiger partial charge in [0.2, 0.25) is 0 Å². The molecule has 10 nitrogen and oxygen atoms in total. The van der Waals surface area contributed by atoms with Gasteiger partial charge < -0.3 is 20.9 Å². The van der Waals surface area contributed by atoms with Crippen molar-refractivity contribution in [2.24, 2.45) is 0 Å². The van der Waals surface area contributed by atoms with E-state index in [1.165, 1.54) is 18.5 Å². The van der Waals surface area contributed by atoms with Gasteiger partial charge in [0.1, 0.15) is 41.2 Å². The molecule has 0 spiro atoms. The van der Waals surface area contributed by atoms with Crippen molar-refractivity contribution in [3.05, 3.63) is 83.1 Å². The number of phenols is 1. The smallest absolute Gasteiger partial charge is 0.298 e. The summed E-state index contributed by atoms with van der Waals surface area (Å²) in [6, 6.07) is 11.6. The summed E-state index contributed by atoms with van der Waals surface area (Å²) < 4.78 is 21.7. The molecule has 6 rings (SSSR count). The second kappa shape index (κ2) is 11.3. The average molecular weight is 570 g/mol. The second-order valence-electron chi connectivity index (χ2n) is 10.7. The van der Waals surface area contributed by atoms with Crippen LogP contribution in [0.15, 0.2) is 66.2 Å². The van der Waals surface area contributed by atoms with E-state index in [9.17, 15) is 14.3 Å². The van der Waals surface area contributed by atoms with Crippen molar-refractivity contribution in [2.45, 2.75) is 32.4 Å². The molecule has 1 fully saturated rings. The van der Waals surface area contributed by atoms with E-state index in [4.69, 9.17) is 15.6 Å². The third-order valence-electron chi connectivity index (χ3n) is 8.09. The number of carbonyl (C=O) groups excluding carboxylic acids is 1. The van der Waals surface area contributed by atoms with Crippen LogP contribution >= 0.6 is 0 Å². The lowest BCUT2D eigenvalue weighted by molar-refractivity contribution is -0.125. The average Bonchev–Trinajstić information content (AvgIpc) is 3.34. The van der Waals surface area contributed by atoms with Gasteiger partial charge in [0.25, 0.3) is 6.47 Å². The molecule has 1 unspecified atom stereocenters. The number of aromatic hydroxyl groups is 1. The molecule has 4 heterocycles. The molecular weight excluding hydrogens is 537 g/mol. The van der Waals surface area contributed by atoms with Crippen molar-refractivity contribution in [1.82, 2.24) is 30.0 Å². The number of ether oxygens (including phenoxy) is 1. The van der Waals surface area contributed by atoms with E-state index in [0.717, 1.165) is 60.9 Å². The number of carbonyl (C=O) groups is 1. The molecule has 1 saturated heterocycles. The minimum absolute atomic E-state index is 0.152. The van der Waals surface area contributed by atoms with Gasteiger partial charge in [-0.05, 0) is 49.1 Å². The van der Waals surface area contributed by atoms with Gasteiger partial charge in [-0.3, -0.25) is 9.69 Å². The molecule has 0 radical (unpaired) electrons. The zero-order chi connectivity index (χ0) is 29.4. The summed E-state index contributed by atoms with van der Waals surface area (Å²) in [6.07, 6.45) is 4.32. The molecule has 2 aliphatic heterocycles. The Hall–Kier alpha value is -4.61. The zero-order valence-electron chi connectivity index (χ0n) is 23.4. The number of halogens is 1.